The number of hydrogen-bond acceptors (Lipinski definition) is 2. The van der Waals surface area contributed by atoms with Crippen molar-refractivity contribution >= 4 is 27.5 Å². The Bertz CT molecular complexity index is 411. The van der Waals surface area contributed by atoms with E-state index in [1.807, 2.05) is 6.07 Å². The number of rotatable bonds is 2. The highest BCUT2D eigenvalue weighted by atomic mass is 79.9. The van der Waals surface area contributed by atoms with Crippen molar-refractivity contribution in [2.24, 2.45) is 11.7 Å². The molecule has 1 heterocycles. The van der Waals surface area contributed by atoms with Gasteiger partial charge < -0.3 is 5.73 Å². The van der Waals surface area contributed by atoms with E-state index in [2.05, 4.69) is 40.0 Å². The molecule has 2 rings (SSSR count). The fourth-order valence-corrected chi connectivity index (χ4v) is 3.69. The van der Waals surface area contributed by atoms with Gasteiger partial charge >= 0.3 is 0 Å². The lowest BCUT2D eigenvalue weighted by atomic mass is 9.89. The molecule has 4 heteroatoms. The summed E-state index contributed by atoms with van der Waals surface area (Å²) < 4.78 is 1.02. The second-order valence-corrected chi connectivity index (χ2v) is 6.41. The quantitative estimate of drug-likeness (QED) is 0.892. The number of hydrogen-bond donors (Lipinski definition) is 1. The maximum absolute atomic E-state index is 6.41. The van der Waals surface area contributed by atoms with E-state index in [-0.39, 0.29) is 0 Å². The average Bonchev–Trinajstić information content (AvgIpc) is 2.51. The maximum Gasteiger partial charge on any atom is 0.0465 e. The molecule has 1 aliphatic heterocycles. The summed E-state index contributed by atoms with van der Waals surface area (Å²) in [5, 5.41) is 0.835. The van der Waals surface area contributed by atoms with Gasteiger partial charge in [-0.15, -0.1) is 0 Å². The molecule has 18 heavy (non-hydrogen) atoms. The van der Waals surface area contributed by atoms with E-state index in [0.29, 0.717) is 12.0 Å². The molecule has 2 nitrogen and oxygen atoms in total. The summed E-state index contributed by atoms with van der Waals surface area (Å²) >= 11 is 9.87. The Morgan fingerprint density at radius 3 is 2.89 bits per heavy atom. The zero-order valence-corrected chi connectivity index (χ0v) is 13.0. The number of likely N-dealkylation sites (tertiary alicyclic amines) is 1. The molecule has 2 unspecified atom stereocenters. The van der Waals surface area contributed by atoms with Crippen LogP contribution in [0.2, 0.25) is 5.02 Å². The number of nitrogens with two attached hydrogens (primary N) is 1. The normalized spacial score (nSPS) is 26.0. The lowest BCUT2D eigenvalue weighted by Gasteiger charge is -2.32. The van der Waals surface area contributed by atoms with Crippen molar-refractivity contribution in [1.29, 1.82) is 0 Å². The molecule has 0 aromatic heterocycles. The van der Waals surface area contributed by atoms with Crippen LogP contribution >= 0.6 is 27.5 Å². The third-order valence-corrected chi connectivity index (χ3v) is 4.66. The van der Waals surface area contributed by atoms with E-state index in [0.717, 1.165) is 22.6 Å². The second-order valence-electron chi connectivity index (χ2n) is 5.08. The largest absolute Gasteiger partial charge is 0.330 e. The van der Waals surface area contributed by atoms with Gasteiger partial charge in [-0.05, 0) is 56.6 Å². The molecule has 0 bridgehead atoms. The van der Waals surface area contributed by atoms with Gasteiger partial charge in [-0.25, -0.2) is 0 Å². The summed E-state index contributed by atoms with van der Waals surface area (Å²) in [6.07, 6.45) is 3.70. The van der Waals surface area contributed by atoms with Crippen molar-refractivity contribution in [3.8, 4) is 0 Å². The number of halogens is 2. The molecule has 0 aliphatic carbocycles. The molecule has 0 spiro atoms. The lowest BCUT2D eigenvalue weighted by Crippen LogP contribution is -2.33. The summed E-state index contributed by atoms with van der Waals surface area (Å²) in [7, 11) is 2.18. The molecule has 2 atom stereocenters. The van der Waals surface area contributed by atoms with Crippen molar-refractivity contribution in [1.82, 2.24) is 4.90 Å². The third kappa shape index (κ3) is 3.08. The van der Waals surface area contributed by atoms with Crippen molar-refractivity contribution < 1.29 is 0 Å². The monoisotopic (exact) mass is 330 g/mol. The van der Waals surface area contributed by atoms with Gasteiger partial charge in [-0.2, -0.15) is 0 Å². The molecule has 1 aliphatic rings. The molecule has 0 saturated carbocycles. The Morgan fingerprint density at radius 2 is 2.22 bits per heavy atom. The zero-order valence-electron chi connectivity index (χ0n) is 10.7. The fourth-order valence-electron chi connectivity index (χ4n) is 2.90. The molecule has 100 valence electrons. The van der Waals surface area contributed by atoms with Crippen LogP contribution in [0.4, 0.5) is 0 Å². The molecule has 0 radical (unpaired) electrons. The summed E-state index contributed by atoms with van der Waals surface area (Å²) in [6, 6.07) is 6.51. The van der Waals surface area contributed by atoms with E-state index < -0.39 is 0 Å². The minimum Gasteiger partial charge on any atom is -0.330 e. The standard InChI is InChI=1S/C14H20BrClN2/c1-18-7-3-2-4-10(9-17)14(18)12-6-5-11(15)8-13(12)16/h5-6,8,10,14H,2-4,7,9,17H2,1H3. The van der Waals surface area contributed by atoms with Crippen LogP contribution in [0.1, 0.15) is 30.9 Å². The Labute approximate surface area is 123 Å². The predicted octanol–water partition coefficient (Wildman–Crippen LogP) is 3.83. The van der Waals surface area contributed by atoms with Gasteiger partial charge in [0.2, 0.25) is 0 Å². The highest BCUT2D eigenvalue weighted by Crippen LogP contribution is 2.37. The smallest absolute Gasteiger partial charge is 0.0465 e. The molecule has 1 saturated heterocycles. The van der Waals surface area contributed by atoms with E-state index in [1.165, 1.54) is 24.8 Å². The highest BCUT2D eigenvalue weighted by molar-refractivity contribution is 9.10. The zero-order chi connectivity index (χ0) is 13.1. The van der Waals surface area contributed by atoms with Crippen LogP contribution in [-0.4, -0.2) is 25.0 Å². The Hall–Kier alpha value is -0.0900. The summed E-state index contributed by atoms with van der Waals surface area (Å²) in [6.45, 7) is 1.84. The molecule has 1 aromatic rings. The predicted molar refractivity (Wildman–Crippen MR) is 80.9 cm³/mol. The van der Waals surface area contributed by atoms with Crippen LogP contribution in [0.15, 0.2) is 22.7 Å². The molecule has 1 fully saturated rings. The third-order valence-electron chi connectivity index (χ3n) is 3.84. The first-order chi connectivity index (χ1) is 8.63. The summed E-state index contributed by atoms with van der Waals surface area (Å²) in [5.74, 6) is 0.496. The number of nitrogens with zero attached hydrogens (tertiary/aromatic N) is 1. The highest BCUT2D eigenvalue weighted by Gasteiger charge is 2.29. The minimum atomic E-state index is 0.345. The molecular weight excluding hydrogens is 312 g/mol. The van der Waals surface area contributed by atoms with Crippen LogP contribution in [0, 0.1) is 5.92 Å². The van der Waals surface area contributed by atoms with E-state index >= 15 is 0 Å². The number of benzene rings is 1. The van der Waals surface area contributed by atoms with Crippen LogP contribution in [0.5, 0.6) is 0 Å². The Balaban J connectivity index is 2.36. The van der Waals surface area contributed by atoms with Gasteiger partial charge in [-0.1, -0.05) is 40.0 Å². The molecule has 2 N–H and O–H groups in total. The molecule has 0 amide bonds. The van der Waals surface area contributed by atoms with Gasteiger partial charge in [0.15, 0.2) is 0 Å². The first kappa shape index (κ1) is 14.3. The second kappa shape index (κ2) is 6.38. The average molecular weight is 332 g/mol. The molecule has 1 aromatic carbocycles. The Kier molecular flexibility index (Phi) is 5.07. The van der Waals surface area contributed by atoms with Crippen molar-refractivity contribution in [2.75, 3.05) is 20.1 Å². The maximum atomic E-state index is 6.41. The van der Waals surface area contributed by atoms with Crippen molar-refractivity contribution in [2.45, 2.75) is 25.3 Å². The van der Waals surface area contributed by atoms with Gasteiger partial charge in [-0.3, -0.25) is 4.90 Å². The summed E-state index contributed by atoms with van der Waals surface area (Å²) in [5.41, 5.74) is 7.17. The van der Waals surface area contributed by atoms with Gasteiger partial charge in [0, 0.05) is 15.5 Å². The first-order valence-corrected chi connectivity index (χ1v) is 7.66. The van der Waals surface area contributed by atoms with Crippen molar-refractivity contribution in [3.63, 3.8) is 0 Å². The van der Waals surface area contributed by atoms with Gasteiger partial charge in [0.1, 0.15) is 0 Å². The van der Waals surface area contributed by atoms with Crippen molar-refractivity contribution in [3.05, 3.63) is 33.3 Å². The van der Waals surface area contributed by atoms with Gasteiger partial charge in [0.05, 0.1) is 0 Å². The Morgan fingerprint density at radius 1 is 1.44 bits per heavy atom. The minimum absolute atomic E-state index is 0.345. The summed E-state index contributed by atoms with van der Waals surface area (Å²) in [4.78, 5) is 2.40. The topological polar surface area (TPSA) is 29.3 Å². The molecular formula is C14H20BrClN2. The van der Waals surface area contributed by atoms with Crippen LogP contribution < -0.4 is 5.73 Å². The van der Waals surface area contributed by atoms with E-state index in [4.69, 9.17) is 17.3 Å². The van der Waals surface area contributed by atoms with Crippen LogP contribution in [-0.2, 0) is 0 Å². The van der Waals surface area contributed by atoms with Gasteiger partial charge in [0.25, 0.3) is 0 Å². The van der Waals surface area contributed by atoms with Crippen LogP contribution in [0.25, 0.3) is 0 Å². The first-order valence-electron chi connectivity index (χ1n) is 6.48. The SMILES string of the molecule is CN1CCCCC(CN)C1c1ccc(Br)cc1Cl. The van der Waals surface area contributed by atoms with E-state index in [9.17, 15) is 0 Å². The van der Waals surface area contributed by atoms with E-state index in [1.54, 1.807) is 0 Å². The van der Waals surface area contributed by atoms with Crippen LogP contribution in [0.3, 0.4) is 0 Å². The lowest BCUT2D eigenvalue weighted by molar-refractivity contribution is 0.196. The fraction of sp³-hybridized carbons (Fsp3) is 0.571.